The van der Waals surface area contributed by atoms with Gasteiger partial charge in [0.25, 0.3) is 0 Å². The summed E-state index contributed by atoms with van der Waals surface area (Å²) < 4.78 is 5.30. The Morgan fingerprint density at radius 2 is 2.21 bits per heavy atom. The van der Waals surface area contributed by atoms with Crippen molar-refractivity contribution in [3.8, 4) is 0 Å². The van der Waals surface area contributed by atoms with E-state index in [4.69, 9.17) is 14.8 Å². The van der Waals surface area contributed by atoms with Crippen molar-refractivity contribution in [1.82, 2.24) is 0 Å². The van der Waals surface area contributed by atoms with Gasteiger partial charge in [0, 0.05) is 25.3 Å². The van der Waals surface area contributed by atoms with Crippen molar-refractivity contribution in [2.75, 3.05) is 7.11 Å². The summed E-state index contributed by atoms with van der Waals surface area (Å²) in [7, 11) is 0.277. The van der Waals surface area contributed by atoms with Gasteiger partial charge >= 0.3 is 7.12 Å². The van der Waals surface area contributed by atoms with E-state index in [1.165, 1.54) is 0 Å². The van der Waals surface area contributed by atoms with E-state index in [0.717, 1.165) is 5.57 Å². The van der Waals surface area contributed by atoms with Crippen LogP contribution in [0.3, 0.4) is 0 Å². The molecular weight excluding hydrogens is 181 g/mol. The Morgan fingerprint density at radius 1 is 1.57 bits per heavy atom. The van der Waals surface area contributed by atoms with Crippen LogP contribution in [0, 0.1) is 0 Å². The molecule has 0 aromatic rings. The maximum atomic E-state index is 9.03. The van der Waals surface area contributed by atoms with E-state index >= 15 is 0 Å². The number of hydrogen-bond acceptors (Lipinski definition) is 4. The van der Waals surface area contributed by atoms with Crippen LogP contribution in [0.4, 0.5) is 0 Å². The van der Waals surface area contributed by atoms with Crippen LogP contribution >= 0.6 is 0 Å². The van der Waals surface area contributed by atoms with Crippen molar-refractivity contribution in [2.45, 2.75) is 31.7 Å². The number of hydrogen-bond donors (Lipinski definition) is 2. The Kier molecular flexibility index (Phi) is 3.47. The van der Waals surface area contributed by atoms with Gasteiger partial charge in [0.15, 0.2) is 0 Å². The third kappa shape index (κ3) is 2.44. The molecule has 1 heterocycles. The van der Waals surface area contributed by atoms with Crippen LogP contribution in [-0.4, -0.2) is 36.1 Å². The van der Waals surface area contributed by atoms with Crippen molar-refractivity contribution in [3.05, 3.63) is 11.8 Å². The smallest absolute Gasteiger partial charge is 0.427 e. The highest BCUT2D eigenvalue weighted by atomic mass is 16.5. The number of rotatable bonds is 3. The average Bonchev–Trinajstić information content (AvgIpc) is 2.18. The van der Waals surface area contributed by atoms with Gasteiger partial charge in [0.2, 0.25) is 0 Å². The van der Waals surface area contributed by atoms with Gasteiger partial charge in [0.05, 0.1) is 5.60 Å². The largest absolute Gasteiger partial charge is 0.460 e. The lowest BCUT2D eigenvalue weighted by molar-refractivity contribution is 0.0518. The van der Waals surface area contributed by atoms with Crippen LogP contribution in [0.5, 0.6) is 0 Å². The van der Waals surface area contributed by atoms with Gasteiger partial charge < -0.3 is 14.8 Å². The maximum Gasteiger partial charge on any atom is 0.460 e. The monoisotopic (exact) mass is 197 g/mol. The first-order chi connectivity index (χ1) is 6.47. The van der Waals surface area contributed by atoms with Gasteiger partial charge in [-0.15, -0.1) is 0 Å². The molecule has 5 heteroatoms. The summed E-state index contributed by atoms with van der Waals surface area (Å²) in [5, 5.41) is 18.1. The minimum atomic E-state index is -1.35. The molecule has 0 aliphatic carbocycles. The zero-order chi connectivity index (χ0) is 10.8. The molecule has 0 spiro atoms. The Balaban J connectivity index is 2.75. The van der Waals surface area contributed by atoms with Gasteiger partial charge in [-0.1, -0.05) is 0 Å². The van der Waals surface area contributed by atoms with Crippen molar-refractivity contribution in [1.29, 1.82) is 0 Å². The van der Waals surface area contributed by atoms with Crippen molar-refractivity contribution < 1.29 is 14.8 Å². The molecule has 1 unspecified atom stereocenters. The summed E-state index contributed by atoms with van der Waals surface area (Å²) in [6.07, 6.45) is 3.85. The van der Waals surface area contributed by atoms with Crippen molar-refractivity contribution in [2.24, 2.45) is 4.99 Å². The van der Waals surface area contributed by atoms with E-state index in [1.807, 2.05) is 13.8 Å². The molecule has 0 saturated carbocycles. The minimum absolute atomic E-state index is 0.329. The third-order valence-electron chi connectivity index (χ3n) is 2.63. The molecule has 0 aromatic heterocycles. The molecule has 0 amide bonds. The minimum Gasteiger partial charge on any atom is -0.427 e. The van der Waals surface area contributed by atoms with E-state index in [1.54, 1.807) is 19.5 Å². The maximum absolute atomic E-state index is 9.03. The van der Waals surface area contributed by atoms with E-state index in [-0.39, 0.29) is 5.82 Å². The van der Waals surface area contributed by atoms with E-state index in [9.17, 15) is 0 Å². The Morgan fingerprint density at radius 3 is 2.71 bits per heavy atom. The average molecular weight is 197 g/mol. The Bertz CT molecular complexity index is 261. The standard InChI is InChI=1S/C9H16BNO3/c1-9(2,14-3)7-4-8(10(12)13)6-11-5-7/h5-6,8,12-13H,4H2,1-3H3. The van der Waals surface area contributed by atoms with Gasteiger partial charge in [-0.25, -0.2) is 0 Å². The number of ether oxygens (including phenoxy) is 1. The highest BCUT2D eigenvalue weighted by Gasteiger charge is 2.31. The van der Waals surface area contributed by atoms with Crippen LogP contribution in [-0.2, 0) is 4.74 Å². The molecular formula is C9H16BNO3. The molecule has 1 atom stereocenters. The van der Waals surface area contributed by atoms with Crippen molar-refractivity contribution >= 4 is 13.3 Å². The molecule has 4 nitrogen and oxygen atoms in total. The highest BCUT2D eigenvalue weighted by molar-refractivity contribution is 6.47. The highest BCUT2D eigenvalue weighted by Crippen LogP contribution is 2.30. The molecule has 0 saturated heterocycles. The molecule has 78 valence electrons. The molecule has 14 heavy (non-hydrogen) atoms. The van der Waals surface area contributed by atoms with Crippen molar-refractivity contribution in [3.63, 3.8) is 0 Å². The van der Waals surface area contributed by atoms with Gasteiger partial charge in [-0.2, -0.15) is 0 Å². The van der Waals surface area contributed by atoms with E-state index in [0.29, 0.717) is 6.42 Å². The quantitative estimate of drug-likeness (QED) is 0.651. The van der Waals surface area contributed by atoms with E-state index < -0.39 is 12.7 Å². The summed E-state index contributed by atoms with van der Waals surface area (Å²) in [4.78, 5) is 3.99. The molecule has 2 N–H and O–H groups in total. The first-order valence-corrected chi connectivity index (χ1v) is 4.61. The summed E-state index contributed by atoms with van der Waals surface area (Å²) >= 11 is 0. The lowest BCUT2D eigenvalue weighted by Gasteiger charge is -2.29. The lowest BCUT2D eigenvalue weighted by atomic mass is 9.68. The second-order valence-electron chi connectivity index (χ2n) is 3.95. The second kappa shape index (κ2) is 4.25. The molecule has 0 bridgehead atoms. The SMILES string of the molecule is COC(C)(C)C1=CN=CC(B(O)O)C1. The number of nitrogens with zero attached hydrogens (tertiary/aromatic N) is 1. The predicted molar refractivity (Wildman–Crippen MR) is 56.2 cm³/mol. The molecule has 0 aromatic carbocycles. The van der Waals surface area contributed by atoms with Gasteiger partial charge in [-0.3, -0.25) is 4.99 Å². The van der Waals surface area contributed by atoms with Crippen LogP contribution in [0.1, 0.15) is 20.3 Å². The lowest BCUT2D eigenvalue weighted by Crippen LogP contribution is -2.31. The van der Waals surface area contributed by atoms with E-state index in [2.05, 4.69) is 4.99 Å². The molecule has 1 rings (SSSR count). The molecule has 1 aliphatic rings. The number of aliphatic imine (C=N–C) groups is 1. The van der Waals surface area contributed by atoms with Gasteiger partial charge in [-0.05, 0) is 25.8 Å². The fourth-order valence-corrected chi connectivity index (χ4v) is 1.32. The zero-order valence-corrected chi connectivity index (χ0v) is 8.77. The summed E-state index contributed by atoms with van der Waals surface area (Å²) in [6.45, 7) is 3.86. The fourth-order valence-electron chi connectivity index (χ4n) is 1.32. The first-order valence-electron chi connectivity index (χ1n) is 4.61. The number of methoxy groups -OCH3 is 1. The van der Waals surface area contributed by atoms with Gasteiger partial charge in [0.1, 0.15) is 0 Å². The first kappa shape index (κ1) is 11.4. The summed E-state index contributed by atoms with van der Waals surface area (Å²) in [5.74, 6) is -0.329. The second-order valence-corrected chi connectivity index (χ2v) is 3.95. The fraction of sp³-hybridized carbons (Fsp3) is 0.667. The third-order valence-corrected chi connectivity index (χ3v) is 2.63. The summed E-state index contributed by atoms with van der Waals surface area (Å²) in [6, 6.07) is 0. The predicted octanol–water partition coefficient (Wildman–Crippen LogP) is 0.613. The van der Waals surface area contributed by atoms with Crippen LogP contribution in [0.15, 0.2) is 16.8 Å². The van der Waals surface area contributed by atoms with Crippen LogP contribution in [0.25, 0.3) is 0 Å². The van der Waals surface area contributed by atoms with Crippen LogP contribution < -0.4 is 0 Å². The molecule has 1 aliphatic heterocycles. The normalized spacial score (nSPS) is 22.1. The Hall–Kier alpha value is -0.645. The summed E-state index contributed by atoms with van der Waals surface area (Å²) in [5.41, 5.74) is 0.575. The molecule has 0 radical (unpaired) electrons. The topological polar surface area (TPSA) is 62.0 Å². The van der Waals surface area contributed by atoms with Crippen LogP contribution in [0.2, 0.25) is 5.82 Å². The molecule has 0 fully saturated rings. The zero-order valence-electron chi connectivity index (χ0n) is 8.77. The Labute approximate surface area is 84.5 Å².